The molecule has 5 rings (SSSR count). The van der Waals surface area contributed by atoms with Gasteiger partial charge in [-0.2, -0.15) is 0 Å². The molecule has 0 spiro atoms. The first-order valence-corrected chi connectivity index (χ1v) is 10.8. The maximum Gasteiger partial charge on any atom is 0.321 e. The molecule has 2 amide bonds. The van der Waals surface area contributed by atoms with E-state index in [4.69, 9.17) is 16.6 Å². The maximum absolute atomic E-state index is 13.4. The summed E-state index contributed by atoms with van der Waals surface area (Å²) < 4.78 is 15.6. The lowest BCUT2D eigenvalue weighted by atomic mass is 9.98. The smallest absolute Gasteiger partial charge is 0.321 e. The Kier molecular flexibility index (Phi) is 5.06. The average molecular weight is 428 g/mol. The van der Waals surface area contributed by atoms with Gasteiger partial charge in [0.1, 0.15) is 17.2 Å². The third kappa shape index (κ3) is 3.86. The highest BCUT2D eigenvalue weighted by Crippen LogP contribution is 2.41. The number of halogens is 2. The summed E-state index contributed by atoms with van der Waals surface area (Å²) in [6.45, 7) is 2.18. The summed E-state index contributed by atoms with van der Waals surface area (Å²) in [6, 6.07) is 7.96. The monoisotopic (exact) mass is 427 g/mol. The molecule has 0 unspecified atom stereocenters. The van der Waals surface area contributed by atoms with Crippen molar-refractivity contribution in [3.63, 3.8) is 0 Å². The van der Waals surface area contributed by atoms with E-state index in [-0.39, 0.29) is 11.1 Å². The Morgan fingerprint density at radius 1 is 1.27 bits per heavy atom. The van der Waals surface area contributed by atoms with Crippen molar-refractivity contribution in [2.24, 2.45) is 5.92 Å². The van der Waals surface area contributed by atoms with Crippen LogP contribution in [0.25, 0.3) is 11.2 Å². The number of hydrogen-bond acceptors (Lipinski definition) is 3. The van der Waals surface area contributed by atoms with Gasteiger partial charge in [0.2, 0.25) is 0 Å². The number of rotatable bonds is 4. The van der Waals surface area contributed by atoms with E-state index in [1.54, 1.807) is 0 Å². The summed E-state index contributed by atoms with van der Waals surface area (Å²) in [7, 11) is 0. The van der Waals surface area contributed by atoms with Crippen molar-refractivity contribution in [1.82, 2.24) is 19.4 Å². The van der Waals surface area contributed by atoms with Gasteiger partial charge in [-0.25, -0.2) is 19.2 Å². The van der Waals surface area contributed by atoms with Gasteiger partial charge in [0, 0.05) is 37.4 Å². The topological polar surface area (TPSA) is 63.1 Å². The van der Waals surface area contributed by atoms with Crippen molar-refractivity contribution in [2.45, 2.75) is 38.1 Å². The average Bonchev–Trinajstić information content (AvgIpc) is 3.54. The van der Waals surface area contributed by atoms with Crippen LogP contribution in [-0.4, -0.2) is 38.6 Å². The first-order valence-electron chi connectivity index (χ1n) is 10.4. The van der Waals surface area contributed by atoms with Gasteiger partial charge in [-0.05, 0) is 61.9 Å². The fourth-order valence-corrected chi connectivity index (χ4v) is 4.42. The number of benzene rings is 1. The number of nitrogens with one attached hydrogen (secondary N) is 1. The molecule has 2 aliphatic rings. The minimum Gasteiger partial charge on any atom is -0.324 e. The highest BCUT2D eigenvalue weighted by molar-refractivity contribution is 6.31. The van der Waals surface area contributed by atoms with Gasteiger partial charge in [0.15, 0.2) is 5.65 Å². The molecule has 1 atom stereocenters. The number of carbonyl (C=O) groups excluding carboxylic acids is 1. The molecule has 8 heteroatoms. The van der Waals surface area contributed by atoms with Gasteiger partial charge >= 0.3 is 6.03 Å². The van der Waals surface area contributed by atoms with E-state index in [0.29, 0.717) is 30.6 Å². The number of likely N-dealkylation sites (tertiary alicyclic amines) is 1. The van der Waals surface area contributed by atoms with Crippen LogP contribution in [0, 0.1) is 11.7 Å². The van der Waals surface area contributed by atoms with Gasteiger partial charge in [-0.1, -0.05) is 11.6 Å². The van der Waals surface area contributed by atoms with Crippen molar-refractivity contribution in [3.8, 4) is 0 Å². The molecule has 3 heterocycles. The molecule has 30 heavy (non-hydrogen) atoms. The van der Waals surface area contributed by atoms with Crippen LogP contribution in [0.3, 0.4) is 0 Å². The summed E-state index contributed by atoms with van der Waals surface area (Å²) in [4.78, 5) is 24.0. The number of amides is 2. The lowest BCUT2D eigenvalue weighted by Gasteiger charge is -2.33. The van der Waals surface area contributed by atoms with Crippen LogP contribution < -0.4 is 5.32 Å². The third-order valence-electron chi connectivity index (χ3n) is 5.89. The largest absolute Gasteiger partial charge is 0.324 e. The van der Waals surface area contributed by atoms with E-state index in [1.165, 1.54) is 31.0 Å². The number of imidazole rings is 1. The number of fused-ring (bicyclic) bond motifs is 1. The molecule has 1 N–H and O–H groups in total. The number of hydrogen-bond donors (Lipinski definition) is 1. The fraction of sp³-hybridized carbons (Fsp3) is 0.409. The van der Waals surface area contributed by atoms with Crippen LogP contribution in [0.2, 0.25) is 5.02 Å². The summed E-state index contributed by atoms with van der Waals surface area (Å²) in [5, 5.41) is 2.83. The molecule has 1 saturated heterocycles. The van der Waals surface area contributed by atoms with Gasteiger partial charge < -0.3 is 14.8 Å². The van der Waals surface area contributed by atoms with E-state index in [2.05, 4.69) is 14.9 Å². The highest BCUT2D eigenvalue weighted by atomic mass is 35.5. The minimum atomic E-state index is -0.500. The van der Waals surface area contributed by atoms with E-state index in [0.717, 1.165) is 36.4 Å². The predicted octanol–water partition coefficient (Wildman–Crippen LogP) is 5.05. The number of nitrogens with zero attached hydrogens (tertiary/aromatic N) is 4. The van der Waals surface area contributed by atoms with Crippen molar-refractivity contribution >= 4 is 34.5 Å². The maximum atomic E-state index is 13.4. The molecular weight excluding hydrogens is 405 g/mol. The van der Waals surface area contributed by atoms with Gasteiger partial charge in [-0.15, -0.1) is 0 Å². The highest BCUT2D eigenvalue weighted by Gasteiger charge is 2.32. The molecule has 1 saturated carbocycles. The molecule has 6 nitrogen and oxygen atoms in total. The summed E-state index contributed by atoms with van der Waals surface area (Å²) in [6.07, 6.45) is 6.18. The van der Waals surface area contributed by atoms with Crippen LogP contribution in [-0.2, 0) is 6.54 Å². The van der Waals surface area contributed by atoms with Crippen LogP contribution in [0.1, 0.15) is 37.4 Å². The summed E-state index contributed by atoms with van der Waals surface area (Å²) >= 11 is 5.82. The lowest BCUT2D eigenvalue weighted by Crippen LogP contribution is -2.43. The molecule has 1 aliphatic carbocycles. The van der Waals surface area contributed by atoms with Crippen LogP contribution >= 0.6 is 11.6 Å². The molecule has 0 radical (unpaired) electrons. The van der Waals surface area contributed by atoms with Crippen molar-refractivity contribution < 1.29 is 9.18 Å². The van der Waals surface area contributed by atoms with Gasteiger partial charge in [0.25, 0.3) is 0 Å². The number of aromatic nitrogens is 3. The lowest BCUT2D eigenvalue weighted by molar-refractivity contribution is 0.170. The molecule has 1 aliphatic heterocycles. The van der Waals surface area contributed by atoms with E-state index < -0.39 is 5.82 Å². The summed E-state index contributed by atoms with van der Waals surface area (Å²) in [5.74, 6) is 1.50. The Morgan fingerprint density at radius 2 is 2.13 bits per heavy atom. The minimum absolute atomic E-state index is 0.00332. The van der Waals surface area contributed by atoms with E-state index in [9.17, 15) is 9.18 Å². The van der Waals surface area contributed by atoms with Gasteiger partial charge in [0.05, 0.1) is 5.02 Å². The number of pyridine rings is 1. The fourth-order valence-electron chi connectivity index (χ4n) is 4.24. The second-order valence-electron chi connectivity index (χ2n) is 8.21. The second-order valence-corrected chi connectivity index (χ2v) is 8.62. The number of anilines is 1. The molecule has 1 aromatic carbocycles. The molecule has 2 aromatic heterocycles. The van der Waals surface area contributed by atoms with Crippen molar-refractivity contribution in [1.29, 1.82) is 0 Å². The SMILES string of the molecule is O=C(Nc1ccc(F)c(Cl)c1)N1CCC[C@H](Cn2c(C3CC3)nc3cccnc32)C1. The Bertz CT molecular complexity index is 1100. The van der Waals surface area contributed by atoms with Crippen molar-refractivity contribution in [3.05, 3.63) is 53.2 Å². The second kappa shape index (κ2) is 7.87. The van der Waals surface area contributed by atoms with Crippen LogP contribution in [0.4, 0.5) is 14.9 Å². The Labute approximate surface area is 179 Å². The third-order valence-corrected chi connectivity index (χ3v) is 6.18. The van der Waals surface area contributed by atoms with E-state index >= 15 is 0 Å². The number of piperidine rings is 1. The summed E-state index contributed by atoms with van der Waals surface area (Å²) in [5.41, 5.74) is 2.37. The number of carbonyl (C=O) groups is 1. The standard InChI is InChI=1S/C22H23ClFN5O/c23-17-11-16(7-8-18(17)24)26-22(30)28-10-2-3-14(12-28)13-29-20(15-5-6-15)27-19-4-1-9-25-21(19)29/h1,4,7-9,11,14-15H,2-3,5-6,10,12-13H2,(H,26,30)/t14-/m0/s1. The zero-order valence-electron chi connectivity index (χ0n) is 16.5. The zero-order chi connectivity index (χ0) is 20.7. The zero-order valence-corrected chi connectivity index (χ0v) is 17.3. The Morgan fingerprint density at radius 3 is 2.93 bits per heavy atom. The molecular formula is C22H23ClFN5O. The quantitative estimate of drug-likeness (QED) is 0.634. The van der Waals surface area contributed by atoms with Crippen LogP contribution in [0.15, 0.2) is 36.5 Å². The first-order chi connectivity index (χ1) is 14.6. The van der Waals surface area contributed by atoms with Crippen LogP contribution in [0.5, 0.6) is 0 Å². The van der Waals surface area contributed by atoms with Crippen molar-refractivity contribution in [2.75, 3.05) is 18.4 Å². The Hall–Kier alpha value is -2.67. The van der Waals surface area contributed by atoms with Gasteiger partial charge in [-0.3, -0.25) is 0 Å². The molecule has 0 bridgehead atoms. The first kappa shape index (κ1) is 19.3. The molecule has 3 aromatic rings. The molecule has 156 valence electrons. The predicted molar refractivity (Wildman–Crippen MR) is 114 cm³/mol. The molecule has 2 fully saturated rings. The normalized spacial score (nSPS) is 19.3. The van der Waals surface area contributed by atoms with E-state index in [1.807, 2.05) is 23.2 Å². The Balaban J connectivity index is 1.30. The number of urea groups is 1.